The molecule has 0 unspecified atom stereocenters. The molecule has 7 heteroatoms. The van der Waals surface area contributed by atoms with Crippen LogP contribution in [0.2, 0.25) is 5.02 Å². The summed E-state index contributed by atoms with van der Waals surface area (Å²) in [5.41, 5.74) is 1.84. The van der Waals surface area contributed by atoms with E-state index in [2.05, 4.69) is 22.4 Å². The van der Waals surface area contributed by atoms with Crippen LogP contribution in [0.1, 0.15) is 31.3 Å². The lowest BCUT2D eigenvalue weighted by Crippen LogP contribution is -2.20. The molecule has 0 radical (unpaired) electrons. The fourth-order valence-corrected chi connectivity index (χ4v) is 2.96. The van der Waals surface area contributed by atoms with Crippen molar-refractivity contribution in [3.05, 3.63) is 52.9 Å². The first-order valence-electron chi connectivity index (χ1n) is 8.16. The predicted octanol–water partition coefficient (Wildman–Crippen LogP) is 3.64. The number of nitrogens with one attached hydrogen (secondary N) is 1. The van der Waals surface area contributed by atoms with Gasteiger partial charge in [0.25, 0.3) is 0 Å². The molecule has 0 spiro atoms. The number of rotatable bonds is 7. The van der Waals surface area contributed by atoms with Gasteiger partial charge in [-0.05, 0) is 43.7 Å². The number of halogens is 1. The van der Waals surface area contributed by atoms with Gasteiger partial charge in [-0.15, -0.1) is 10.2 Å². The Bertz CT molecular complexity index is 865. The van der Waals surface area contributed by atoms with Gasteiger partial charge in [0.1, 0.15) is 0 Å². The van der Waals surface area contributed by atoms with E-state index in [-0.39, 0.29) is 6.04 Å². The molecule has 0 saturated heterocycles. The first kappa shape index (κ1) is 17.5. The minimum atomic E-state index is 0.0220. The van der Waals surface area contributed by atoms with Crippen molar-refractivity contribution in [2.75, 3.05) is 13.7 Å². The average molecular weight is 361 g/mol. The summed E-state index contributed by atoms with van der Waals surface area (Å²) in [6, 6.07) is 9.67. The van der Waals surface area contributed by atoms with Crippen molar-refractivity contribution in [1.82, 2.24) is 19.9 Å². The largest absolute Gasteiger partial charge is 0.493 e. The molecule has 0 aliphatic carbocycles. The summed E-state index contributed by atoms with van der Waals surface area (Å²) in [4.78, 5) is 0. The Labute approximate surface area is 151 Å². The zero-order valence-corrected chi connectivity index (χ0v) is 15.2. The first-order chi connectivity index (χ1) is 12.1. The topological polar surface area (TPSA) is 60.7 Å². The highest BCUT2D eigenvalue weighted by molar-refractivity contribution is 6.32. The molecule has 0 bridgehead atoms. The fraction of sp³-hybridized carbons (Fsp3) is 0.333. The summed E-state index contributed by atoms with van der Waals surface area (Å²) >= 11 is 6.33. The molecule has 0 fully saturated rings. The third-order valence-corrected chi connectivity index (χ3v) is 4.20. The Morgan fingerprint density at radius 3 is 2.88 bits per heavy atom. The Morgan fingerprint density at radius 2 is 2.12 bits per heavy atom. The number of ether oxygens (including phenoxy) is 2. The van der Waals surface area contributed by atoms with Crippen LogP contribution >= 0.6 is 11.6 Å². The second kappa shape index (κ2) is 7.72. The van der Waals surface area contributed by atoms with Gasteiger partial charge in [0, 0.05) is 12.7 Å². The van der Waals surface area contributed by atoms with E-state index in [0.717, 1.165) is 17.0 Å². The van der Waals surface area contributed by atoms with Gasteiger partial charge >= 0.3 is 0 Å². The molecule has 0 aliphatic heterocycles. The monoisotopic (exact) mass is 360 g/mol. The van der Waals surface area contributed by atoms with Crippen molar-refractivity contribution in [3.8, 4) is 11.5 Å². The van der Waals surface area contributed by atoms with Crippen LogP contribution in [0.25, 0.3) is 5.65 Å². The molecule has 0 saturated carbocycles. The molecule has 2 heterocycles. The molecule has 0 aliphatic rings. The zero-order valence-electron chi connectivity index (χ0n) is 14.5. The lowest BCUT2D eigenvalue weighted by Gasteiger charge is -2.15. The van der Waals surface area contributed by atoms with Crippen LogP contribution < -0.4 is 14.8 Å². The maximum Gasteiger partial charge on any atom is 0.179 e. The lowest BCUT2D eigenvalue weighted by atomic mass is 10.2. The molecule has 25 heavy (non-hydrogen) atoms. The normalized spacial score (nSPS) is 12.3. The zero-order chi connectivity index (χ0) is 17.8. The number of nitrogens with zero attached hydrogens (tertiary/aromatic N) is 3. The summed E-state index contributed by atoms with van der Waals surface area (Å²) in [5.74, 6) is 2.07. The summed E-state index contributed by atoms with van der Waals surface area (Å²) < 4.78 is 12.9. The molecule has 1 aromatic carbocycles. The third-order valence-electron chi connectivity index (χ3n) is 3.92. The van der Waals surface area contributed by atoms with Crippen LogP contribution in [0.4, 0.5) is 0 Å². The number of methoxy groups -OCH3 is 1. The smallest absolute Gasteiger partial charge is 0.179 e. The highest BCUT2D eigenvalue weighted by Crippen LogP contribution is 2.36. The van der Waals surface area contributed by atoms with E-state index in [9.17, 15) is 0 Å². The number of hydrogen-bond acceptors (Lipinski definition) is 5. The Balaban J connectivity index is 1.76. The standard InChI is InChI=1S/C18H21ClN4O2/c1-4-25-17-14(19)9-13(10-15(17)24-3)11-20-12(2)18-22-21-16-7-5-6-8-23(16)18/h5-10,12,20H,4,11H2,1-3H3/t12-/m1/s1. The number of benzene rings is 1. The summed E-state index contributed by atoms with van der Waals surface area (Å²) in [6.45, 7) is 5.11. The maximum atomic E-state index is 6.33. The Kier molecular flexibility index (Phi) is 5.40. The molecular weight excluding hydrogens is 340 g/mol. The van der Waals surface area contributed by atoms with Gasteiger partial charge in [0.2, 0.25) is 0 Å². The second-order valence-corrected chi connectivity index (χ2v) is 6.04. The van der Waals surface area contributed by atoms with Crippen LogP contribution in [0.15, 0.2) is 36.5 Å². The van der Waals surface area contributed by atoms with Crippen LogP contribution in [-0.4, -0.2) is 28.3 Å². The van der Waals surface area contributed by atoms with Gasteiger partial charge in [0.15, 0.2) is 23.0 Å². The van der Waals surface area contributed by atoms with Gasteiger partial charge in [-0.1, -0.05) is 17.7 Å². The second-order valence-electron chi connectivity index (χ2n) is 5.63. The summed E-state index contributed by atoms with van der Waals surface area (Å²) in [6.07, 6.45) is 1.96. The maximum absolute atomic E-state index is 6.33. The first-order valence-corrected chi connectivity index (χ1v) is 8.54. The molecule has 132 valence electrons. The van der Waals surface area contributed by atoms with Crippen molar-refractivity contribution < 1.29 is 9.47 Å². The molecule has 0 amide bonds. The van der Waals surface area contributed by atoms with Crippen molar-refractivity contribution in [2.24, 2.45) is 0 Å². The van der Waals surface area contributed by atoms with E-state index in [1.165, 1.54) is 0 Å². The molecule has 6 nitrogen and oxygen atoms in total. The van der Waals surface area contributed by atoms with Gasteiger partial charge in [-0.25, -0.2) is 0 Å². The minimum absolute atomic E-state index is 0.0220. The molecule has 1 atom stereocenters. The van der Waals surface area contributed by atoms with Crippen LogP contribution in [0, 0.1) is 0 Å². The van der Waals surface area contributed by atoms with Gasteiger partial charge in [-0.2, -0.15) is 0 Å². The van der Waals surface area contributed by atoms with E-state index < -0.39 is 0 Å². The van der Waals surface area contributed by atoms with Crippen LogP contribution in [0.3, 0.4) is 0 Å². The van der Waals surface area contributed by atoms with Crippen molar-refractivity contribution in [2.45, 2.75) is 26.4 Å². The summed E-state index contributed by atoms with van der Waals surface area (Å²) in [7, 11) is 1.61. The molecule has 2 aromatic heterocycles. The van der Waals surface area contributed by atoms with Crippen molar-refractivity contribution >= 4 is 17.2 Å². The van der Waals surface area contributed by atoms with Crippen molar-refractivity contribution in [1.29, 1.82) is 0 Å². The quantitative estimate of drug-likeness (QED) is 0.697. The molecule has 3 aromatic rings. The third kappa shape index (κ3) is 3.70. The van der Waals surface area contributed by atoms with Gasteiger partial charge in [0.05, 0.1) is 24.8 Å². The van der Waals surface area contributed by atoms with E-state index in [1.54, 1.807) is 7.11 Å². The van der Waals surface area contributed by atoms with E-state index >= 15 is 0 Å². The Morgan fingerprint density at radius 1 is 1.28 bits per heavy atom. The highest BCUT2D eigenvalue weighted by atomic mass is 35.5. The lowest BCUT2D eigenvalue weighted by molar-refractivity contribution is 0.311. The van der Waals surface area contributed by atoms with E-state index in [4.69, 9.17) is 21.1 Å². The fourth-order valence-electron chi connectivity index (χ4n) is 2.68. The number of pyridine rings is 1. The summed E-state index contributed by atoms with van der Waals surface area (Å²) in [5, 5.41) is 12.4. The number of fused-ring (bicyclic) bond motifs is 1. The van der Waals surface area contributed by atoms with E-state index in [0.29, 0.717) is 29.7 Å². The SMILES string of the molecule is CCOc1c(Cl)cc(CN[C@H](C)c2nnc3ccccn23)cc1OC. The number of aromatic nitrogens is 3. The number of hydrogen-bond donors (Lipinski definition) is 1. The van der Waals surface area contributed by atoms with E-state index in [1.807, 2.05) is 47.9 Å². The van der Waals surface area contributed by atoms with Crippen molar-refractivity contribution in [3.63, 3.8) is 0 Å². The van der Waals surface area contributed by atoms with Crippen LogP contribution in [0.5, 0.6) is 11.5 Å². The van der Waals surface area contributed by atoms with Crippen LogP contribution in [-0.2, 0) is 6.54 Å². The molecular formula is C18H21ClN4O2. The average Bonchev–Trinajstić information content (AvgIpc) is 3.05. The predicted molar refractivity (Wildman–Crippen MR) is 97.4 cm³/mol. The Hall–Kier alpha value is -2.31. The van der Waals surface area contributed by atoms with Gasteiger partial charge < -0.3 is 14.8 Å². The minimum Gasteiger partial charge on any atom is -0.493 e. The molecule has 3 rings (SSSR count). The molecule has 1 N–H and O–H groups in total. The van der Waals surface area contributed by atoms with Gasteiger partial charge in [-0.3, -0.25) is 4.40 Å². The highest BCUT2D eigenvalue weighted by Gasteiger charge is 2.15.